The first-order chi connectivity index (χ1) is 42.1. The predicted octanol–water partition coefficient (Wildman–Crippen LogP) is 9.89. The first-order valence-electron chi connectivity index (χ1n) is 28.8. The summed E-state index contributed by atoms with van der Waals surface area (Å²) in [6, 6.07) is 39.4. The molecule has 88 heavy (non-hydrogen) atoms. The van der Waals surface area contributed by atoms with Gasteiger partial charge in [0.25, 0.3) is 11.6 Å². The molecule has 3 aliphatic carbocycles. The predicted molar refractivity (Wildman–Crippen MR) is 320 cm³/mol. The molecule has 16 heteroatoms. The van der Waals surface area contributed by atoms with E-state index in [-0.39, 0.29) is 119 Å². The van der Waals surface area contributed by atoms with Gasteiger partial charge >= 0.3 is 23.9 Å². The summed E-state index contributed by atoms with van der Waals surface area (Å²) < 4.78 is 26.1. The quantitative estimate of drug-likeness (QED) is 0.0404. The molecule has 2 spiro atoms. The Morgan fingerprint density at radius 2 is 0.761 bits per heavy atom. The van der Waals surface area contributed by atoms with Crippen LogP contribution in [0.4, 0.5) is 0 Å². The van der Waals surface area contributed by atoms with Gasteiger partial charge in [-0.25, -0.2) is 19.2 Å². The number of Topliss-reactive ketones (excluding diaryl/α,β-unsaturated/α-hetero) is 2. The van der Waals surface area contributed by atoms with Crippen LogP contribution in [-0.2, 0) is 47.7 Å². The Balaban J connectivity index is 0.000000201. The third-order valence-corrected chi connectivity index (χ3v) is 15.7. The van der Waals surface area contributed by atoms with Crippen LogP contribution in [0.5, 0.6) is 11.5 Å². The molecule has 446 valence electrons. The number of pyridine rings is 2. The molecule has 4 aromatic carbocycles. The average Bonchev–Trinajstić information content (AvgIpc) is 1.02. The van der Waals surface area contributed by atoms with Crippen LogP contribution < -0.4 is 19.3 Å². The lowest BCUT2D eigenvalue weighted by Gasteiger charge is -2.45. The zero-order valence-electron chi connectivity index (χ0n) is 49.0. The first-order valence-corrected chi connectivity index (χ1v) is 28.8. The summed E-state index contributed by atoms with van der Waals surface area (Å²) in [5, 5.41) is 45.4. The summed E-state index contributed by atoms with van der Waals surface area (Å²) in [4.78, 5) is 75.7. The number of phenolic OH excluding ortho intramolecular Hbond substituents is 2. The van der Waals surface area contributed by atoms with Gasteiger partial charge in [-0.05, 0) is 70.2 Å². The lowest BCUT2D eigenvalue weighted by molar-refractivity contribution is -0.596. The third-order valence-electron chi connectivity index (χ3n) is 15.7. The van der Waals surface area contributed by atoms with Crippen molar-refractivity contribution in [3.63, 3.8) is 0 Å². The molecule has 0 unspecified atom stereocenters. The Hall–Kier alpha value is -10.5. The fourth-order valence-electron chi connectivity index (χ4n) is 11.1. The molecular weight excluding hydrogens is 1120 g/mol. The molecule has 2 N–H and O–H groups in total. The SMILES string of the molecule is CC1(C)CC(=O)C(/C=C/C=C/C=C2C(=O)OC3(CCC4(CC3)OC(=O)C(=C/C=C/C=C/C3=C([O-])CC(C)(C)CC3=O)C(=O)O4)OC2=O)=C([O-])C1.Oc1ccc(-[n+]2ccc(-c3cc[n+](-c4ccc(O)c(-c5ccccc5)c4)cc3)cc2)cc1-c1ccccc1. The Morgan fingerprint density at radius 3 is 1.09 bits per heavy atom. The highest BCUT2D eigenvalue weighted by Crippen LogP contribution is 2.46. The van der Waals surface area contributed by atoms with Gasteiger partial charge in [-0.2, -0.15) is 9.13 Å². The van der Waals surface area contributed by atoms with E-state index in [1.54, 1.807) is 12.1 Å². The number of nitrogens with zero attached hydrogens (tertiary/aromatic N) is 2. The molecule has 0 atom stereocenters. The molecular formula is C72H64N2O14. The third kappa shape index (κ3) is 13.9. The number of hydrogen-bond donors (Lipinski definition) is 2. The number of aromatic hydroxyl groups is 2. The monoisotopic (exact) mass is 1180 g/mol. The van der Waals surface area contributed by atoms with Gasteiger partial charge in [-0.3, -0.25) is 9.59 Å². The molecule has 6 aromatic rings. The highest BCUT2D eigenvalue weighted by Gasteiger charge is 2.57. The molecule has 0 bridgehead atoms. The summed E-state index contributed by atoms with van der Waals surface area (Å²) in [6.07, 6.45) is 22.6. The van der Waals surface area contributed by atoms with Crippen LogP contribution in [-0.4, -0.2) is 57.2 Å². The summed E-state index contributed by atoms with van der Waals surface area (Å²) in [6.45, 7) is 7.43. The fourth-order valence-corrected chi connectivity index (χ4v) is 11.1. The number of allylic oxidation sites excluding steroid dienone is 14. The van der Waals surface area contributed by atoms with E-state index in [0.717, 1.165) is 44.8 Å². The normalized spacial score (nSPS) is 21.0. The maximum atomic E-state index is 12.8. The van der Waals surface area contributed by atoms with Gasteiger partial charge in [0, 0.05) is 109 Å². The Labute approximate surface area is 509 Å². The van der Waals surface area contributed by atoms with E-state index in [9.17, 15) is 49.2 Å². The van der Waals surface area contributed by atoms with Gasteiger partial charge in [0.15, 0.2) is 36.4 Å². The average molecular weight is 1180 g/mol. The standard InChI is InChI=1S/C38H40O12.C34H24N2O2/c1-35(2)19-27(39)23(28(40)20-35)11-7-5-9-13-25-31(43)47-37(48-32(25)44)15-17-38(18-16-37)49-33(45)26(34(46)50-38)14-10-6-8-12-24-29(41)21-36(3,4)22-30(24)42;37-33-13-11-29(23-31(33)27-7-3-1-4-8-27)35-19-15-25(16-20-35)26-17-21-36(22-18-26)30-12-14-34(38)32(24-30)28-9-5-2-6-10-28/h5-14,39,41H,15-22H2,1-4H3;1-24H/b9-5+,10-6+,11-7+,12-8+,25-13?,26-14?;. The summed E-state index contributed by atoms with van der Waals surface area (Å²) >= 11 is 0. The van der Waals surface area contributed by atoms with E-state index in [1.807, 2.05) is 147 Å². The molecule has 2 aromatic heterocycles. The minimum Gasteiger partial charge on any atom is -0.875 e. The van der Waals surface area contributed by atoms with Gasteiger partial charge in [0.2, 0.25) is 11.4 Å². The van der Waals surface area contributed by atoms with Crippen LogP contribution in [0.3, 0.4) is 0 Å². The highest BCUT2D eigenvalue weighted by molar-refractivity contribution is 6.16. The van der Waals surface area contributed by atoms with Gasteiger partial charge in [0.05, 0.1) is 0 Å². The number of carbonyl (C=O) groups excluding carboxylic acids is 6. The number of phenols is 2. The molecule has 4 heterocycles. The Bertz CT molecular complexity index is 3700. The van der Waals surface area contributed by atoms with Crippen molar-refractivity contribution in [1.82, 2.24) is 0 Å². The second kappa shape index (κ2) is 25.2. The first kappa shape index (κ1) is 60.6. The van der Waals surface area contributed by atoms with Gasteiger partial charge < -0.3 is 39.4 Å². The number of hydrogen-bond acceptors (Lipinski definition) is 14. The van der Waals surface area contributed by atoms with E-state index >= 15 is 0 Å². The molecule has 5 aliphatic rings. The molecule has 16 nitrogen and oxygen atoms in total. The number of benzene rings is 4. The van der Waals surface area contributed by atoms with Crippen LogP contribution in [0.2, 0.25) is 0 Å². The van der Waals surface area contributed by atoms with Gasteiger partial charge in [0.1, 0.15) is 22.6 Å². The summed E-state index contributed by atoms with van der Waals surface area (Å²) in [5.74, 6) is -7.40. The minimum absolute atomic E-state index is 0.106. The second-order valence-corrected chi connectivity index (χ2v) is 23.7. The largest absolute Gasteiger partial charge is 0.875 e. The zero-order chi connectivity index (χ0) is 62.4. The van der Waals surface area contributed by atoms with E-state index in [0.29, 0.717) is 0 Å². The Kier molecular flexibility index (Phi) is 17.4. The molecule has 11 rings (SSSR count). The molecule has 0 amide bonds. The second-order valence-electron chi connectivity index (χ2n) is 23.7. The molecule has 1 saturated carbocycles. The fraction of sp³-hybridized carbons (Fsp3) is 0.222. The minimum atomic E-state index is -1.63. The van der Waals surface area contributed by atoms with E-state index in [2.05, 4.69) is 24.3 Å². The van der Waals surface area contributed by atoms with Crippen LogP contribution in [0.15, 0.2) is 241 Å². The number of aromatic nitrogens is 2. The number of ether oxygens (including phenoxy) is 4. The Morgan fingerprint density at radius 1 is 0.420 bits per heavy atom. The zero-order valence-corrected chi connectivity index (χ0v) is 49.0. The lowest BCUT2D eigenvalue weighted by Crippen LogP contribution is -2.56. The summed E-state index contributed by atoms with van der Waals surface area (Å²) in [7, 11) is 0. The van der Waals surface area contributed by atoms with E-state index in [1.165, 1.54) is 60.8 Å². The number of rotatable bonds is 11. The highest BCUT2D eigenvalue weighted by atomic mass is 16.8. The van der Waals surface area contributed by atoms with E-state index < -0.39 is 35.5 Å². The van der Waals surface area contributed by atoms with Crippen molar-refractivity contribution < 1.29 is 77.3 Å². The maximum absolute atomic E-state index is 12.8. The van der Waals surface area contributed by atoms with Crippen molar-refractivity contribution in [3.8, 4) is 56.3 Å². The smallest absolute Gasteiger partial charge is 0.348 e. The topological polar surface area (TPSA) is 234 Å². The summed E-state index contributed by atoms with van der Waals surface area (Å²) in [5.41, 5.74) is 6.43. The van der Waals surface area contributed by atoms with Crippen molar-refractivity contribution in [1.29, 1.82) is 0 Å². The van der Waals surface area contributed by atoms with Crippen molar-refractivity contribution in [3.05, 3.63) is 241 Å². The molecule has 0 radical (unpaired) electrons. The van der Waals surface area contributed by atoms with Crippen molar-refractivity contribution in [2.45, 2.75) is 90.6 Å². The molecule has 3 fully saturated rings. The maximum Gasteiger partial charge on any atom is 0.348 e. The number of esters is 4. The van der Waals surface area contributed by atoms with Crippen LogP contribution >= 0.6 is 0 Å². The molecule has 2 saturated heterocycles. The van der Waals surface area contributed by atoms with E-state index in [4.69, 9.17) is 18.9 Å². The van der Waals surface area contributed by atoms with Crippen LogP contribution in [0, 0.1) is 10.8 Å². The van der Waals surface area contributed by atoms with Crippen molar-refractivity contribution in [2.75, 3.05) is 0 Å². The number of ketones is 2. The lowest BCUT2D eigenvalue weighted by atomic mass is 9.76. The number of carbonyl (C=O) groups is 6. The van der Waals surface area contributed by atoms with Crippen LogP contribution in [0.25, 0.3) is 44.8 Å². The molecule has 2 aliphatic heterocycles. The van der Waals surface area contributed by atoms with Crippen molar-refractivity contribution in [2.24, 2.45) is 10.8 Å². The van der Waals surface area contributed by atoms with Gasteiger partial charge in [-0.15, -0.1) is 11.5 Å². The van der Waals surface area contributed by atoms with Gasteiger partial charge in [-0.1, -0.05) is 137 Å². The van der Waals surface area contributed by atoms with Crippen molar-refractivity contribution >= 4 is 35.4 Å². The van der Waals surface area contributed by atoms with Crippen LogP contribution in [0.1, 0.15) is 79.1 Å².